The summed E-state index contributed by atoms with van der Waals surface area (Å²) in [5, 5.41) is 2.97. The minimum Gasteiger partial charge on any atom is -0.457 e. The molecule has 3 aromatic rings. The van der Waals surface area contributed by atoms with Crippen molar-refractivity contribution in [2.45, 2.75) is 44.4 Å². The first-order valence-corrected chi connectivity index (χ1v) is 14.2. The molecule has 4 bridgehead atoms. The molecule has 2 aliphatic heterocycles. The number of likely N-dealkylation sites (N-methyl/N-ethyl adjacent to an activating group) is 1. The van der Waals surface area contributed by atoms with Crippen LogP contribution in [0.15, 0.2) is 64.3 Å². The lowest BCUT2D eigenvalue weighted by Crippen LogP contribution is -2.58. The topological polar surface area (TPSA) is 143 Å². The first-order chi connectivity index (χ1) is 20.7. The molecule has 0 saturated carbocycles. The van der Waals surface area contributed by atoms with Gasteiger partial charge in [-0.15, -0.1) is 0 Å². The molecule has 0 spiro atoms. The van der Waals surface area contributed by atoms with E-state index in [0.717, 1.165) is 15.7 Å². The van der Waals surface area contributed by atoms with Crippen LogP contribution in [0.25, 0.3) is 0 Å². The van der Waals surface area contributed by atoms with Gasteiger partial charge >= 0.3 is 5.69 Å². The van der Waals surface area contributed by atoms with Crippen molar-refractivity contribution < 1.29 is 23.9 Å². The zero-order valence-corrected chi connectivity index (χ0v) is 24.2. The molecule has 2 atom stereocenters. The van der Waals surface area contributed by atoms with E-state index in [9.17, 15) is 24.0 Å². The molecule has 3 amide bonds. The van der Waals surface area contributed by atoms with Crippen LogP contribution < -0.4 is 21.3 Å². The lowest BCUT2D eigenvalue weighted by Gasteiger charge is -2.39. The van der Waals surface area contributed by atoms with Crippen molar-refractivity contribution in [2.24, 2.45) is 7.05 Å². The number of aromatic nitrogens is 2. The second-order valence-electron chi connectivity index (χ2n) is 11.0. The van der Waals surface area contributed by atoms with Crippen LogP contribution >= 0.6 is 0 Å². The van der Waals surface area contributed by atoms with Crippen LogP contribution in [0.2, 0.25) is 0 Å². The Hall–Kier alpha value is -4.71. The summed E-state index contributed by atoms with van der Waals surface area (Å²) in [6, 6.07) is 14.6. The van der Waals surface area contributed by atoms with Crippen LogP contribution in [0.4, 0.5) is 0 Å². The van der Waals surface area contributed by atoms with Crippen molar-refractivity contribution in [3.05, 3.63) is 92.3 Å². The van der Waals surface area contributed by atoms with E-state index in [1.54, 1.807) is 11.9 Å². The standard InChI is InChI=1S/C31H35N5O7/c1-34-18-27(37)33-25-17-36(29(39)15-22-16-32-31(41)35(2)30(22)40)12-11-26(25)42-19-21-6-4-8-24(14-21)43-23-7-3-5-20(13-23)9-10-28(34)38/h3-8,13-14,16,25-26H,9-12,15,17-19H2,1-2H3,(H,32,41)(H,33,37)/t25-,26+/m0/s1. The van der Waals surface area contributed by atoms with Gasteiger partial charge in [-0.3, -0.25) is 23.7 Å². The Morgan fingerprint density at radius 2 is 1.70 bits per heavy atom. The predicted octanol–water partition coefficient (Wildman–Crippen LogP) is 1.12. The molecule has 12 nitrogen and oxygen atoms in total. The highest BCUT2D eigenvalue weighted by Crippen LogP contribution is 2.25. The number of fused-ring (bicyclic) bond motifs is 5. The summed E-state index contributed by atoms with van der Waals surface area (Å²) in [7, 11) is 2.93. The smallest absolute Gasteiger partial charge is 0.328 e. The maximum absolute atomic E-state index is 13.2. The van der Waals surface area contributed by atoms with Crippen molar-refractivity contribution in [1.82, 2.24) is 24.7 Å². The number of rotatable bonds is 2. The number of nitrogens with zero attached hydrogens (tertiary/aromatic N) is 3. The van der Waals surface area contributed by atoms with Gasteiger partial charge in [-0.25, -0.2) is 4.79 Å². The average Bonchev–Trinajstić information content (AvgIpc) is 2.99. The SMILES string of the molecule is CN1CC(=O)N[C@H]2CN(C(=O)Cc3c[nH]c(=O)n(C)c3=O)CC[C@H]2OCc2cccc(c2)Oc2cccc(c2)CCC1=O. The summed E-state index contributed by atoms with van der Waals surface area (Å²) in [6.45, 7) is 0.633. The highest BCUT2D eigenvalue weighted by atomic mass is 16.5. The van der Waals surface area contributed by atoms with Crippen LogP contribution in [-0.4, -0.2) is 75.9 Å². The van der Waals surface area contributed by atoms with Gasteiger partial charge in [0.05, 0.1) is 31.7 Å². The number of hydrogen-bond acceptors (Lipinski definition) is 7. The first kappa shape index (κ1) is 29.8. The molecule has 0 aliphatic carbocycles. The maximum atomic E-state index is 13.2. The molecule has 2 aliphatic rings. The third-order valence-electron chi connectivity index (χ3n) is 7.77. The second kappa shape index (κ2) is 13.1. The van der Waals surface area contributed by atoms with Gasteiger partial charge in [0, 0.05) is 45.4 Å². The van der Waals surface area contributed by atoms with Crippen molar-refractivity contribution in [3.8, 4) is 11.5 Å². The van der Waals surface area contributed by atoms with E-state index in [2.05, 4.69) is 10.3 Å². The maximum Gasteiger partial charge on any atom is 0.328 e. The van der Waals surface area contributed by atoms with E-state index in [1.165, 1.54) is 18.1 Å². The Bertz CT molecular complexity index is 1630. The molecular weight excluding hydrogens is 554 g/mol. The number of ether oxygens (including phenoxy) is 2. The van der Waals surface area contributed by atoms with E-state index in [1.807, 2.05) is 48.5 Å². The van der Waals surface area contributed by atoms with Crippen LogP contribution in [0.3, 0.4) is 0 Å². The van der Waals surface area contributed by atoms with E-state index in [0.29, 0.717) is 30.9 Å². The van der Waals surface area contributed by atoms with E-state index in [-0.39, 0.29) is 55.8 Å². The number of carbonyl (C=O) groups excluding carboxylic acids is 3. The van der Waals surface area contributed by atoms with E-state index in [4.69, 9.17) is 9.47 Å². The fourth-order valence-electron chi connectivity index (χ4n) is 5.31. The van der Waals surface area contributed by atoms with Crippen LogP contribution in [0, 0.1) is 0 Å². The number of nitrogens with one attached hydrogen (secondary N) is 2. The van der Waals surface area contributed by atoms with Crippen molar-refractivity contribution in [2.75, 3.05) is 26.7 Å². The summed E-state index contributed by atoms with van der Waals surface area (Å²) >= 11 is 0. The van der Waals surface area contributed by atoms with Gasteiger partial charge in [-0.2, -0.15) is 0 Å². The monoisotopic (exact) mass is 589 g/mol. The third-order valence-corrected chi connectivity index (χ3v) is 7.77. The summed E-state index contributed by atoms with van der Waals surface area (Å²) in [6.07, 6.45) is 1.83. The van der Waals surface area contributed by atoms with Crippen LogP contribution in [-0.2, 0) is 45.6 Å². The van der Waals surface area contributed by atoms with Gasteiger partial charge in [0.1, 0.15) is 11.5 Å². The van der Waals surface area contributed by atoms with Crippen molar-refractivity contribution in [1.29, 1.82) is 0 Å². The van der Waals surface area contributed by atoms with Gasteiger partial charge < -0.3 is 29.6 Å². The zero-order valence-electron chi connectivity index (χ0n) is 24.2. The van der Waals surface area contributed by atoms with Crippen LogP contribution in [0.1, 0.15) is 29.5 Å². The highest BCUT2D eigenvalue weighted by Gasteiger charge is 2.34. The molecule has 2 N–H and O–H groups in total. The number of hydrogen-bond donors (Lipinski definition) is 2. The van der Waals surface area contributed by atoms with Gasteiger partial charge in [0.15, 0.2) is 0 Å². The molecule has 1 saturated heterocycles. The Balaban J connectivity index is 1.35. The van der Waals surface area contributed by atoms with Crippen molar-refractivity contribution >= 4 is 17.7 Å². The molecule has 1 aromatic heterocycles. The first-order valence-electron chi connectivity index (χ1n) is 14.2. The molecule has 0 radical (unpaired) electrons. The summed E-state index contributed by atoms with van der Waals surface area (Å²) < 4.78 is 13.3. The molecule has 1 fully saturated rings. The highest BCUT2D eigenvalue weighted by molar-refractivity contribution is 5.85. The molecule has 3 heterocycles. The number of benzene rings is 2. The average molecular weight is 590 g/mol. The number of likely N-dealkylation sites (tertiary alicyclic amines) is 1. The molecule has 12 heteroatoms. The molecule has 43 heavy (non-hydrogen) atoms. The van der Waals surface area contributed by atoms with Crippen LogP contribution in [0.5, 0.6) is 11.5 Å². The minimum absolute atomic E-state index is 0.144. The number of H-pyrrole nitrogens is 1. The largest absolute Gasteiger partial charge is 0.457 e. The Morgan fingerprint density at radius 3 is 2.47 bits per heavy atom. The van der Waals surface area contributed by atoms with E-state index < -0.39 is 23.4 Å². The van der Waals surface area contributed by atoms with Crippen molar-refractivity contribution in [3.63, 3.8) is 0 Å². The van der Waals surface area contributed by atoms with E-state index >= 15 is 0 Å². The predicted molar refractivity (Wildman–Crippen MR) is 157 cm³/mol. The zero-order chi connectivity index (χ0) is 30.5. The Labute approximate surface area is 248 Å². The molecule has 2 aromatic carbocycles. The number of carbonyl (C=O) groups is 3. The lowest BCUT2D eigenvalue weighted by molar-refractivity contribution is -0.138. The van der Waals surface area contributed by atoms with Gasteiger partial charge in [-0.05, 0) is 48.2 Å². The number of piperidine rings is 1. The minimum atomic E-state index is -0.562. The third kappa shape index (κ3) is 7.39. The van der Waals surface area contributed by atoms with Gasteiger partial charge in [0.2, 0.25) is 17.7 Å². The molecular formula is C31H35N5O7. The number of amides is 3. The Morgan fingerprint density at radius 1 is 0.977 bits per heavy atom. The quantitative estimate of drug-likeness (QED) is 0.456. The fourth-order valence-corrected chi connectivity index (χ4v) is 5.31. The van der Waals surface area contributed by atoms with Gasteiger partial charge in [0.25, 0.3) is 5.56 Å². The molecule has 0 unspecified atom stereocenters. The normalized spacial score (nSPS) is 19.9. The molecule has 5 rings (SSSR count). The number of aryl methyl sites for hydroxylation is 1. The lowest BCUT2D eigenvalue weighted by atomic mass is 10.0. The summed E-state index contributed by atoms with van der Waals surface area (Å²) in [4.78, 5) is 68.7. The Kier molecular flexibility index (Phi) is 9.05. The fraction of sp³-hybridized carbons (Fsp3) is 0.387. The van der Waals surface area contributed by atoms with Gasteiger partial charge in [-0.1, -0.05) is 24.3 Å². The molecule has 226 valence electrons. The summed E-state index contributed by atoms with van der Waals surface area (Å²) in [5.74, 6) is 0.460. The summed E-state index contributed by atoms with van der Waals surface area (Å²) in [5.41, 5.74) is 0.906. The second-order valence-corrected chi connectivity index (χ2v) is 11.0. The number of aromatic amines is 1.